The molecule has 2 aromatic carbocycles. The standard InChI is InChI=1S/C18H15ClN2O2S2/c1-12-11-13-7-5-6-10-15(13)21(12)18-20-17(16(19)24-18)25(22,23)14-8-3-2-4-9-14/h2-10,12H,11H2,1H3/t12-/m1/s1. The lowest BCUT2D eigenvalue weighted by molar-refractivity contribution is 0.593. The van der Waals surface area contributed by atoms with Crippen molar-refractivity contribution in [1.29, 1.82) is 0 Å². The van der Waals surface area contributed by atoms with Crippen LogP contribution in [-0.2, 0) is 16.3 Å². The summed E-state index contributed by atoms with van der Waals surface area (Å²) in [4.78, 5) is 6.68. The molecule has 0 spiro atoms. The summed E-state index contributed by atoms with van der Waals surface area (Å²) in [5, 5.41) is 0.536. The zero-order chi connectivity index (χ0) is 17.6. The molecule has 0 radical (unpaired) electrons. The Bertz CT molecular complexity index is 1030. The van der Waals surface area contributed by atoms with Crippen molar-refractivity contribution in [2.45, 2.75) is 29.3 Å². The third-order valence-corrected chi connectivity index (χ3v) is 7.46. The number of hydrogen-bond acceptors (Lipinski definition) is 5. The van der Waals surface area contributed by atoms with Gasteiger partial charge in [0.05, 0.1) is 4.90 Å². The van der Waals surface area contributed by atoms with Gasteiger partial charge >= 0.3 is 0 Å². The Labute approximate surface area is 155 Å². The maximum Gasteiger partial charge on any atom is 0.226 e. The number of thiazole rings is 1. The van der Waals surface area contributed by atoms with Crippen LogP contribution in [0.25, 0.3) is 0 Å². The van der Waals surface area contributed by atoms with Gasteiger partial charge in [0.2, 0.25) is 9.84 Å². The first-order valence-corrected chi connectivity index (χ1v) is 10.5. The number of benzene rings is 2. The van der Waals surface area contributed by atoms with Crippen molar-refractivity contribution >= 4 is 43.6 Å². The van der Waals surface area contributed by atoms with Crippen molar-refractivity contribution in [2.24, 2.45) is 0 Å². The second kappa shape index (κ2) is 6.12. The van der Waals surface area contributed by atoms with E-state index < -0.39 is 9.84 Å². The molecule has 4 nitrogen and oxygen atoms in total. The Kier molecular flexibility index (Phi) is 4.06. The largest absolute Gasteiger partial charge is 0.314 e. The fraction of sp³-hybridized carbons (Fsp3) is 0.167. The van der Waals surface area contributed by atoms with Gasteiger partial charge in [0.15, 0.2) is 10.2 Å². The van der Waals surface area contributed by atoms with Crippen LogP contribution in [0.5, 0.6) is 0 Å². The van der Waals surface area contributed by atoms with E-state index in [1.807, 2.05) is 18.2 Å². The summed E-state index contributed by atoms with van der Waals surface area (Å²) in [5.41, 5.74) is 2.29. The number of rotatable bonds is 3. The molecule has 1 aromatic heterocycles. The Balaban J connectivity index is 1.80. The molecule has 0 fully saturated rings. The van der Waals surface area contributed by atoms with Crippen LogP contribution in [0, 0.1) is 0 Å². The minimum atomic E-state index is -3.73. The molecule has 25 heavy (non-hydrogen) atoms. The van der Waals surface area contributed by atoms with Gasteiger partial charge in [-0.15, -0.1) is 0 Å². The Morgan fingerprint density at radius 2 is 1.80 bits per heavy atom. The molecule has 0 saturated carbocycles. The van der Waals surface area contributed by atoms with Crippen molar-refractivity contribution in [3.63, 3.8) is 0 Å². The predicted molar refractivity (Wildman–Crippen MR) is 101 cm³/mol. The average molecular weight is 391 g/mol. The van der Waals surface area contributed by atoms with E-state index in [2.05, 4.69) is 22.9 Å². The lowest BCUT2D eigenvalue weighted by atomic mass is 10.1. The average Bonchev–Trinajstić information content (AvgIpc) is 3.15. The topological polar surface area (TPSA) is 50.3 Å². The first-order valence-electron chi connectivity index (χ1n) is 7.82. The molecule has 2 heterocycles. The molecule has 0 bridgehead atoms. The molecule has 1 aliphatic rings. The third-order valence-electron chi connectivity index (χ3n) is 4.27. The second-order valence-electron chi connectivity index (χ2n) is 5.94. The minimum absolute atomic E-state index is 0.0723. The first-order chi connectivity index (χ1) is 12.0. The van der Waals surface area contributed by atoms with Crippen LogP contribution in [0.4, 0.5) is 10.8 Å². The van der Waals surface area contributed by atoms with E-state index >= 15 is 0 Å². The summed E-state index contributed by atoms with van der Waals surface area (Å²) in [6.07, 6.45) is 0.897. The van der Waals surface area contributed by atoms with Crippen LogP contribution < -0.4 is 4.90 Å². The van der Waals surface area contributed by atoms with E-state index in [-0.39, 0.29) is 20.3 Å². The highest BCUT2D eigenvalue weighted by molar-refractivity contribution is 7.91. The number of halogens is 1. The molecule has 7 heteroatoms. The van der Waals surface area contributed by atoms with Crippen molar-refractivity contribution in [3.8, 4) is 0 Å². The maximum atomic E-state index is 12.9. The van der Waals surface area contributed by atoms with Crippen LogP contribution in [0.2, 0.25) is 4.34 Å². The van der Waals surface area contributed by atoms with Crippen molar-refractivity contribution in [3.05, 3.63) is 64.5 Å². The molecule has 0 amide bonds. The zero-order valence-electron chi connectivity index (χ0n) is 13.4. The first kappa shape index (κ1) is 16.6. The number of sulfone groups is 1. The number of para-hydroxylation sites is 1. The monoisotopic (exact) mass is 390 g/mol. The van der Waals surface area contributed by atoms with E-state index in [0.29, 0.717) is 5.13 Å². The summed E-state index contributed by atoms with van der Waals surface area (Å²) in [6.45, 7) is 2.10. The molecule has 4 rings (SSSR count). The zero-order valence-corrected chi connectivity index (χ0v) is 15.8. The van der Waals surface area contributed by atoms with Crippen LogP contribution in [0.3, 0.4) is 0 Å². The summed E-state index contributed by atoms with van der Waals surface area (Å²) < 4.78 is 25.9. The normalized spacial score (nSPS) is 16.9. The highest BCUT2D eigenvalue weighted by Gasteiger charge is 2.32. The Morgan fingerprint density at radius 1 is 1.12 bits per heavy atom. The van der Waals surface area contributed by atoms with E-state index in [9.17, 15) is 8.42 Å². The molecule has 0 unspecified atom stereocenters. The van der Waals surface area contributed by atoms with E-state index in [1.54, 1.807) is 30.3 Å². The van der Waals surface area contributed by atoms with Gasteiger partial charge in [-0.1, -0.05) is 59.3 Å². The number of anilines is 2. The van der Waals surface area contributed by atoms with Crippen molar-refractivity contribution in [1.82, 2.24) is 4.98 Å². The number of fused-ring (bicyclic) bond motifs is 1. The quantitative estimate of drug-likeness (QED) is 0.649. The second-order valence-corrected chi connectivity index (χ2v) is 9.39. The van der Waals surface area contributed by atoms with Gasteiger partial charge in [0, 0.05) is 11.7 Å². The summed E-state index contributed by atoms with van der Waals surface area (Å²) in [7, 11) is -3.73. The van der Waals surface area contributed by atoms with Crippen molar-refractivity contribution < 1.29 is 8.42 Å². The molecule has 1 atom stereocenters. The third kappa shape index (κ3) is 2.74. The van der Waals surface area contributed by atoms with Crippen LogP contribution in [0.15, 0.2) is 64.5 Å². The fourth-order valence-electron chi connectivity index (χ4n) is 3.11. The highest BCUT2D eigenvalue weighted by Crippen LogP contribution is 2.43. The minimum Gasteiger partial charge on any atom is -0.314 e. The molecule has 3 aromatic rings. The lowest BCUT2D eigenvalue weighted by Crippen LogP contribution is -2.23. The van der Waals surface area contributed by atoms with Gasteiger partial charge in [-0.3, -0.25) is 0 Å². The molecular weight excluding hydrogens is 376 g/mol. The Morgan fingerprint density at radius 3 is 2.56 bits per heavy atom. The van der Waals surface area contributed by atoms with Crippen LogP contribution in [0.1, 0.15) is 12.5 Å². The number of nitrogens with zero attached hydrogens (tertiary/aromatic N) is 2. The number of aromatic nitrogens is 1. The van der Waals surface area contributed by atoms with Crippen LogP contribution in [-0.4, -0.2) is 19.4 Å². The van der Waals surface area contributed by atoms with Gasteiger partial charge in [0.25, 0.3) is 0 Å². The molecule has 1 aliphatic heterocycles. The lowest BCUT2D eigenvalue weighted by Gasteiger charge is -2.21. The molecule has 0 aliphatic carbocycles. The maximum absolute atomic E-state index is 12.9. The van der Waals surface area contributed by atoms with Crippen molar-refractivity contribution in [2.75, 3.05) is 4.90 Å². The van der Waals surface area contributed by atoms with Gasteiger partial charge < -0.3 is 4.90 Å². The molecule has 0 N–H and O–H groups in total. The van der Waals surface area contributed by atoms with E-state index in [4.69, 9.17) is 11.6 Å². The summed E-state index contributed by atoms with van der Waals surface area (Å²) in [5.74, 6) is 0. The highest BCUT2D eigenvalue weighted by atomic mass is 35.5. The van der Waals surface area contributed by atoms with Gasteiger partial charge in [-0.05, 0) is 37.1 Å². The SMILES string of the molecule is C[C@@H]1Cc2ccccc2N1c1nc(S(=O)(=O)c2ccccc2)c(Cl)s1. The van der Waals surface area contributed by atoms with Crippen LogP contribution >= 0.6 is 22.9 Å². The van der Waals surface area contributed by atoms with E-state index in [0.717, 1.165) is 12.1 Å². The van der Waals surface area contributed by atoms with E-state index in [1.165, 1.54) is 16.9 Å². The number of hydrogen-bond donors (Lipinski definition) is 0. The summed E-state index contributed by atoms with van der Waals surface area (Å²) >= 11 is 7.48. The Hall–Kier alpha value is -1.89. The van der Waals surface area contributed by atoms with Gasteiger partial charge in [-0.2, -0.15) is 0 Å². The summed E-state index contributed by atoms with van der Waals surface area (Å²) in [6, 6.07) is 16.6. The fourth-order valence-corrected chi connectivity index (χ4v) is 6.14. The molecule has 0 saturated heterocycles. The predicted octanol–water partition coefficient (Wildman–Crippen LogP) is 4.71. The van der Waals surface area contributed by atoms with Gasteiger partial charge in [0.1, 0.15) is 4.34 Å². The smallest absolute Gasteiger partial charge is 0.226 e. The molecule has 128 valence electrons. The molecular formula is C18H15ClN2O2S2. The van der Waals surface area contributed by atoms with Gasteiger partial charge in [-0.25, -0.2) is 13.4 Å².